The fourth-order valence-corrected chi connectivity index (χ4v) is 3.07. The average molecular weight is 365 g/mol. The monoisotopic (exact) mass is 364 g/mol. The van der Waals surface area contributed by atoms with Gasteiger partial charge in [0.15, 0.2) is 0 Å². The first kappa shape index (κ1) is 18.7. The zero-order chi connectivity index (χ0) is 17.3. The van der Waals surface area contributed by atoms with E-state index in [0.717, 1.165) is 5.56 Å². The van der Waals surface area contributed by atoms with Crippen molar-refractivity contribution in [3.05, 3.63) is 73.1 Å². The molecule has 134 valence electrons. The first-order valence-corrected chi connectivity index (χ1v) is 7.80. The Hall–Kier alpha value is -2.67. The van der Waals surface area contributed by atoms with Crippen LogP contribution in [0, 0.1) is 13.8 Å². The van der Waals surface area contributed by atoms with E-state index in [1.807, 2.05) is 31.2 Å². The molecule has 25 heavy (non-hydrogen) atoms. The minimum absolute atomic E-state index is 0. The Bertz CT molecular complexity index is 912. The molecule has 0 spiro atoms. The number of para-hydroxylation sites is 1. The lowest BCUT2D eigenvalue weighted by Gasteiger charge is -2.19. The standard InChI is InChI=1S/C17H20N4O3.ClH/c1-4-24-12-8-6-5-7-11(12)15(13-9(2)18-20-16(13)22)14-10(3)19-21-17(14)23;/h5-8,15H,4H2,1-3H3,(H2,18,20,22)(H2,19,21,23);1H. The van der Waals surface area contributed by atoms with E-state index in [9.17, 15) is 9.59 Å². The molecule has 3 rings (SSSR count). The lowest BCUT2D eigenvalue weighted by molar-refractivity contribution is 0.336. The normalized spacial score (nSPS) is 10.7. The smallest absolute Gasteiger partial charge is 0.268 e. The van der Waals surface area contributed by atoms with Gasteiger partial charge < -0.3 is 14.9 Å². The Labute approximate surface area is 150 Å². The molecule has 2 aromatic heterocycles. The molecule has 1 aromatic carbocycles. The molecule has 7 nitrogen and oxygen atoms in total. The van der Waals surface area contributed by atoms with E-state index < -0.39 is 5.92 Å². The summed E-state index contributed by atoms with van der Waals surface area (Å²) in [6.45, 7) is 6.00. The zero-order valence-corrected chi connectivity index (χ0v) is 15.0. The van der Waals surface area contributed by atoms with Crippen molar-refractivity contribution in [3.63, 3.8) is 0 Å². The summed E-state index contributed by atoms with van der Waals surface area (Å²) in [6, 6.07) is 7.47. The Morgan fingerprint density at radius 3 is 1.88 bits per heavy atom. The van der Waals surface area contributed by atoms with Crippen LogP contribution >= 0.6 is 12.4 Å². The van der Waals surface area contributed by atoms with E-state index in [2.05, 4.69) is 20.4 Å². The van der Waals surface area contributed by atoms with E-state index in [1.54, 1.807) is 13.8 Å². The van der Waals surface area contributed by atoms with Crippen LogP contribution in [0.3, 0.4) is 0 Å². The van der Waals surface area contributed by atoms with E-state index in [0.29, 0.717) is 34.9 Å². The van der Waals surface area contributed by atoms with E-state index in [-0.39, 0.29) is 23.5 Å². The molecule has 0 aliphatic carbocycles. The molecule has 0 saturated carbocycles. The molecule has 8 heteroatoms. The van der Waals surface area contributed by atoms with Crippen LogP contribution in [0.1, 0.15) is 40.9 Å². The number of benzene rings is 1. The van der Waals surface area contributed by atoms with Crippen LogP contribution in [0.25, 0.3) is 0 Å². The molecule has 4 N–H and O–H groups in total. The third-order valence-corrected chi connectivity index (χ3v) is 4.13. The molecule has 0 unspecified atom stereocenters. The van der Waals surface area contributed by atoms with Gasteiger partial charge in [0.25, 0.3) is 11.1 Å². The number of ether oxygens (including phenoxy) is 1. The van der Waals surface area contributed by atoms with Crippen LogP contribution in [0.5, 0.6) is 5.75 Å². The maximum Gasteiger partial charge on any atom is 0.268 e. The second-order valence-electron chi connectivity index (χ2n) is 5.64. The van der Waals surface area contributed by atoms with Gasteiger partial charge in [0.2, 0.25) is 0 Å². The van der Waals surface area contributed by atoms with Crippen LogP contribution < -0.4 is 15.9 Å². The Kier molecular flexibility index (Phi) is 5.58. The molecular weight excluding hydrogens is 344 g/mol. The summed E-state index contributed by atoms with van der Waals surface area (Å²) < 4.78 is 5.73. The van der Waals surface area contributed by atoms with E-state index in [1.165, 1.54) is 0 Å². The lowest BCUT2D eigenvalue weighted by atomic mass is 9.85. The number of aromatic amines is 4. The van der Waals surface area contributed by atoms with Crippen molar-refractivity contribution in [2.75, 3.05) is 6.61 Å². The van der Waals surface area contributed by atoms with Gasteiger partial charge in [0.05, 0.1) is 23.7 Å². The summed E-state index contributed by atoms with van der Waals surface area (Å²) >= 11 is 0. The van der Waals surface area contributed by atoms with Crippen molar-refractivity contribution in [1.82, 2.24) is 20.4 Å². The average Bonchev–Trinajstić information content (AvgIpc) is 3.07. The third kappa shape index (κ3) is 3.28. The van der Waals surface area contributed by atoms with Gasteiger partial charge in [-0.3, -0.25) is 19.8 Å². The highest BCUT2D eigenvalue weighted by Gasteiger charge is 2.30. The minimum atomic E-state index is -0.530. The van der Waals surface area contributed by atoms with Crippen LogP contribution in [0.15, 0.2) is 33.9 Å². The Morgan fingerprint density at radius 1 is 0.920 bits per heavy atom. The summed E-state index contributed by atoms with van der Waals surface area (Å²) in [7, 11) is 0. The summed E-state index contributed by atoms with van der Waals surface area (Å²) in [5.74, 6) is 0.128. The van der Waals surface area contributed by atoms with Gasteiger partial charge in [-0.15, -0.1) is 12.4 Å². The van der Waals surface area contributed by atoms with Crippen molar-refractivity contribution >= 4 is 12.4 Å². The number of rotatable bonds is 5. The number of hydrogen-bond donors (Lipinski definition) is 4. The maximum absolute atomic E-state index is 12.4. The fraction of sp³-hybridized carbons (Fsp3) is 0.294. The van der Waals surface area contributed by atoms with Gasteiger partial charge in [0.1, 0.15) is 5.75 Å². The number of H-pyrrole nitrogens is 4. The number of hydrogen-bond acceptors (Lipinski definition) is 3. The minimum Gasteiger partial charge on any atom is -0.494 e. The van der Waals surface area contributed by atoms with Crippen molar-refractivity contribution in [1.29, 1.82) is 0 Å². The molecule has 0 bridgehead atoms. The van der Waals surface area contributed by atoms with Crippen LogP contribution in [0.2, 0.25) is 0 Å². The number of aryl methyl sites for hydroxylation is 2. The van der Waals surface area contributed by atoms with Crippen molar-refractivity contribution in [2.45, 2.75) is 26.7 Å². The van der Waals surface area contributed by atoms with Crippen LogP contribution in [-0.4, -0.2) is 27.0 Å². The highest BCUT2D eigenvalue weighted by atomic mass is 35.5. The summed E-state index contributed by atoms with van der Waals surface area (Å²) in [5.41, 5.74) is 2.69. The van der Waals surface area contributed by atoms with E-state index >= 15 is 0 Å². The predicted molar refractivity (Wildman–Crippen MR) is 98.1 cm³/mol. The SMILES string of the molecule is CCOc1ccccc1C(c1c(C)[nH][nH]c1=O)c1c(C)[nH][nH]c1=O.Cl. The molecule has 0 fully saturated rings. The molecule has 0 amide bonds. The molecule has 0 radical (unpaired) electrons. The van der Waals surface area contributed by atoms with Gasteiger partial charge in [-0.2, -0.15) is 0 Å². The van der Waals surface area contributed by atoms with Crippen molar-refractivity contribution < 1.29 is 4.74 Å². The zero-order valence-electron chi connectivity index (χ0n) is 14.2. The molecule has 0 atom stereocenters. The molecule has 2 heterocycles. The second kappa shape index (κ2) is 7.48. The lowest BCUT2D eigenvalue weighted by Crippen LogP contribution is -2.21. The molecule has 0 saturated heterocycles. The fourth-order valence-electron chi connectivity index (χ4n) is 3.07. The summed E-state index contributed by atoms with van der Waals surface area (Å²) in [6.07, 6.45) is 0. The van der Waals surface area contributed by atoms with Crippen molar-refractivity contribution in [3.8, 4) is 5.75 Å². The summed E-state index contributed by atoms with van der Waals surface area (Å²) in [5, 5.41) is 10.9. The second-order valence-corrected chi connectivity index (χ2v) is 5.64. The van der Waals surface area contributed by atoms with Gasteiger partial charge in [-0.25, -0.2) is 0 Å². The van der Waals surface area contributed by atoms with Gasteiger partial charge in [-0.05, 0) is 26.8 Å². The first-order valence-electron chi connectivity index (χ1n) is 7.80. The molecule has 0 aliphatic heterocycles. The topological polar surface area (TPSA) is 107 Å². The Morgan fingerprint density at radius 2 is 1.44 bits per heavy atom. The quantitative estimate of drug-likeness (QED) is 0.558. The van der Waals surface area contributed by atoms with Crippen LogP contribution in [-0.2, 0) is 0 Å². The van der Waals surface area contributed by atoms with Gasteiger partial charge in [-0.1, -0.05) is 18.2 Å². The Balaban J connectivity index is 0.00000225. The predicted octanol–water partition coefficient (Wildman–Crippen LogP) is 2.34. The van der Waals surface area contributed by atoms with E-state index in [4.69, 9.17) is 4.74 Å². The molecule has 0 aliphatic rings. The molecular formula is C17H21ClN4O3. The third-order valence-electron chi connectivity index (χ3n) is 4.13. The largest absolute Gasteiger partial charge is 0.494 e. The highest BCUT2D eigenvalue weighted by molar-refractivity contribution is 5.85. The number of halogens is 1. The van der Waals surface area contributed by atoms with Gasteiger partial charge >= 0.3 is 0 Å². The molecule has 3 aromatic rings. The summed E-state index contributed by atoms with van der Waals surface area (Å²) in [4.78, 5) is 24.8. The van der Waals surface area contributed by atoms with Crippen molar-refractivity contribution in [2.24, 2.45) is 0 Å². The maximum atomic E-state index is 12.4. The van der Waals surface area contributed by atoms with Crippen LogP contribution in [0.4, 0.5) is 0 Å². The highest BCUT2D eigenvalue weighted by Crippen LogP contribution is 2.36. The number of nitrogens with one attached hydrogen (secondary N) is 4. The van der Waals surface area contributed by atoms with Gasteiger partial charge in [0, 0.05) is 17.0 Å². The number of aromatic nitrogens is 4. The first-order chi connectivity index (χ1) is 11.5.